The third-order valence-corrected chi connectivity index (χ3v) is 4.32. The number of aromatic nitrogens is 3. The van der Waals surface area contributed by atoms with Crippen LogP contribution in [-0.4, -0.2) is 20.5 Å². The summed E-state index contributed by atoms with van der Waals surface area (Å²) < 4.78 is 19.9. The van der Waals surface area contributed by atoms with Crippen LogP contribution in [0.1, 0.15) is 34.5 Å². The molecule has 0 aliphatic rings. The van der Waals surface area contributed by atoms with Crippen LogP contribution in [0.3, 0.4) is 0 Å². The lowest BCUT2D eigenvalue weighted by atomic mass is 10.3. The summed E-state index contributed by atoms with van der Waals surface area (Å²) in [5.41, 5.74) is 1.66. The lowest BCUT2D eigenvalue weighted by Crippen LogP contribution is -2.11. The number of thiazole rings is 1. The van der Waals surface area contributed by atoms with Gasteiger partial charge in [0.15, 0.2) is 5.69 Å². The van der Waals surface area contributed by atoms with Gasteiger partial charge < -0.3 is 4.74 Å². The van der Waals surface area contributed by atoms with Gasteiger partial charge >= 0.3 is 5.97 Å². The smallest absolute Gasteiger partial charge is 0.357 e. The summed E-state index contributed by atoms with van der Waals surface area (Å²) in [6.45, 7) is 2.21. The molecule has 0 saturated carbocycles. The van der Waals surface area contributed by atoms with Gasteiger partial charge in [0.2, 0.25) is 0 Å². The van der Waals surface area contributed by atoms with Gasteiger partial charge in [0.05, 0.1) is 23.2 Å². The zero-order valence-electron chi connectivity index (χ0n) is 13.1. The van der Waals surface area contributed by atoms with Crippen molar-refractivity contribution in [1.82, 2.24) is 14.5 Å². The van der Waals surface area contributed by atoms with E-state index in [0.717, 1.165) is 23.5 Å². The molecule has 24 heavy (non-hydrogen) atoms. The number of nitrogens with zero attached hydrogens (tertiary/aromatic N) is 3. The van der Waals surface area contributed by atoms with Gasteiger partial charge in [0.25, 0.3) is 0 Å². The topological polar surface area (TPSA) is 57.0 Å². The normalized spacial score (nSPS) is 10.8. The number of aryl methyl sites for hydroxylation is 1. The SMILES string of the molecule is CCCc1nc(COC(=O)c2cncn2-c2ccc(F)cc2)cs1. The number of hydrogen-bond donors (Lipinski definition) is 0. The van der Waals surface area contributed by atoms with Gasteiger partial charge in [-0.2, -0.15) is 0 Å². The van der Waals surface area contributed by atoms with Crippen molar-refractivity contribution in [1.29, 1.82) is 0 Å². The number of hydrogen-bond acceptors (Lipinski definition) is 5. The van der Waals surface area contributed by atoms with Crippen LogP contribution in [0.2, 0.25) is 0 Å². The minimum Gasteiger partial charge on any atom is -0.454 e. The summed E-state index contributed by atoms with van der Waals surface area (Å²) in [4.78, 5) is 20.7. The highest BCUT2D eigenvalue weighted by molar-refractivity contribution is 7.09. The van der Waals surface area contributed by atoms with Crippen LogP contribution in [0.5, 0.6) is 0 Å². The molecule has 0 saturated heterocycles. The molecule has 0 aliphatic heterocycles. The van der Waals surface area contributed by atoms with E-state index in [4.69, 9.17) is 4.74 Å². The monoisotopic (exact) mass is 345 g/mol. The molecule has 3 rings (SSSR count). The van der Waals surface area contributed by atoms with Crippen molar-refractivity contribution in [3.63, 3.8) is 0 Å². The van der Waals surface area contributed by atoms with Crippen LogP contribution in [0, 0.1) is 5.82 Å². The number of benzene rings is 1. The van der Waals surface area contributed by atoms with Gasteiger partial charge in [0.1, 0.15) is 12.4 Å². The Kier molecular flexibility index (Phi) is 5.00. The molecule has 0 unspecified atom stereocenters. The number of imidazole rings is 1. The van der Waals surface area contributed by atoms with Crippen molar-refractivity contribution in [2.45, 2.75) is 26.4 Å². The van der Waals surface area contributed by atoms with Crippen molar-refractivity contribution in [3.8, 4) is 5.69 Å². The maximum absolute atomic E-state index is 13.0. The van der Waals surface area contributed by atoms with Crippen LogP contribution in [0.15, 0.2) is 42.2 Å². The molecular weight excluding hydrogens is 329 g/mol. The summed E-state index contributed by atoms with van der Waals surface area (Å²) in [7, 11) is 0. The highest BCUT2D eigenvalue weighted by atomic mass is 32.1. The van der Waals surface area contributed by atoms with Crippen LogP contribution < -0.4 is 0 Å². The summed E-state index contributed by atoms with van der Waals surface area (Å²) in [6, 6.07) is 5.81. The number of carbonyl (C=O) groups excluding carboxylic acids is 1. The average molecular weight is 345 g/mol. The first kappa shape index (κ1) is 16.3. The molecule has 0 amide bonds. The fourth-order valence-corrected chi connectivity index (χ4v) is 3.10. The summed E-state index contributed by atoms with van der Waals surface area (Å²) in [5, 5.41) is 2.94. The number of ether oxygens (including phenoxy) is 1. The molecule has 3 aromatic rings. The second-order valence-electron chi connectivity index (χ2n) is 5.18. The quantitative estimate of drug-likeness (QED) is 0.638. The van der Waals surface area contributed by atoms with Crippen LogP contribution in [0.25, 0.3) is 5.69 Å². The van der Waals surface area contributed by atoms with E-state index in [1.807, 2.05) is 5.38 Å². The number of carbonyl (C=O) groups is 1. The summed E-state index contributed by atoms with van der Waals surface area (Å²) >= 11 is 1.57. The molecule has 2 aromatic heterocycles. The largest absolute Gasteiger partial charge is 0.454 e. The Labute approximate surface area is 142 Å². The van der Waals surface area contributed by atoms with Crippen molar-refractivity contribution in [2.75, 3.05) is 0 Å². The maximum Gasteiger partial charge on any atom is 0.357 e. The molecule has 0 bridgehead atoms. The van der Waals surface area contributed by atoms with Gasteiger partial charge in [-0.15, -0.1) is 11.3 Å². The number of halogens is 1. The first-order valence-corrected chi connectivity index (χ1v) is 8.44. The molecule has 0 atom stereocenters. The molecule has 124 valence electrons. The van der Waals surface area contributed by atoms with E-state index in [9.17, 15) is 9.18 Å². The van der Waals surface area contributed by atoms with E-state index in [-0.39, 0.29) is 18.1 Å². The van der Waals surface area contributed by atoms with Gasteiger partial charge in [-0.05, 0) is 37.1 Å². The number of esters is 1. The Morgan fingerprint density at radius 1 is 1.33 bits per heavy atom. The van der Waals surface area contributed by atoms with E-state index in [2.05, 4.69) is 16.9 Å². The maximum atomic E-state index is 13.0. The second kappa shape index (κ2) is 7.35. The van der Waals surface area contributed by atoms with Crippen LogP contribution in [0.4, 0.5) is 4.39 Å². The number of rotatable bonds is 6. The fraction of sp³-hybridized carbons (Fsp3) is 0.235. The predicted octanol–water partition coefficient (Wildman–Crippen LogP) is 3.78. The van der Waals surface area contributed by atoms with Gasteiger partial charge in [0, 0.05) is 11.1 Å². The zero-order valence-corrected chi connectivity index (χ0v) is 13.9. The molecule has 1 aromatic carbocycles. The Hall–Kier alpha value is -2.54. The van der Waals surface area contributed by atoms with Crippen LogP contribution >= 0.6 is 11.3 Å². The summed E-state index contributed by atoms with van der Waals surface area (Å²) in [6.07, 6.45) is 4.88. The molecule has 0 radical (unpaired) electrons. The lowest BCUT2D eigenvalue weighted by molar-refractivity contribution is 0.0458. The first-order valence-electron chi connectivity index (χ1n) is 7.56. The van der Waals surface area contributed by atoms with Gasteiger partial charge in [-0.25, -0.2) is 19.2 Å². The molecule has 0 fully saturated rings. The van der Waals surface area contributed by atoms with Crippen molar-refractivity contribution >= 4 is 17.3 Å². The molecule has 5 nitrogen and oxygen atoms in total. The molecule has 0 spiro atoms. The minimum absolute atomic E-state index is 0.119. The Morgan fingerprint density at radius 2 is 2.12 bits per heavy atom. The van der Waals surface area contributed by atoms with Gasteiger partial charge in [-0.1, -0.05) is 6.92 Å². The standard InChI is InChI=1S/C17H16FN3O2S/c1-2-3-16-20-13(10-24-16)9-23-17(22)15-8-19-11-21(15)14-6-4-12(18)5-7-14/h4-8,10-11H,2-3,9H2,1H3. The third kappa shape index (κ3) is 3.68. The third-order valence-electron chi connectivity index (χ3n) is 3.37. The van der Waals surface area contributed by atoms with Crippen molar-refractivity contribution in [2.24, 2.45) is 0 Å². The molecular formula is C17H16FN3O2S. The predicted molar refractivity (Wildman–Crippen MR) is 88.8 cm³/mol. The minimum atomic E-state index is -0.498. The Balaban J connectivity index is 1.69. The van der Waals surface area contributed by atoms with Crippen molar-refractivity contribution < 1.29 is 13.9 Å². The van der Waals surface area contributed by atoms with Crippen LogP contribution in [-0.2, 0) is 17.8 Å². The van der Waals surface area contributed by atoms with E-state index >= 15 is 0 Å². The Morgan fingerprint density at radius 3 is 2.88 bits per heavy atom. The van der Waals surface area contributed by atoms with Gasteiger partial charge in [-0.3, -0.25) is 4.57 Å². The van der Waals surface area contributed by atoms with E-state index < -0.39 is 5.97 Å². The van der Waals surface area contributed by atoms with E-state index in [1.165, 1.54) is 24.7 Å². The Bertz CT molecular complexity index is 826. The average Bonchev–Trinajstić information content (AvgIpc) is 3.23. The molecule has 7 heteroatoms. The first-order chi connectivity index (χ1) is 11.7. The van der Waals surface area contributed by atoms with E-state index in [0.29, 0.717) is 5.69 Å². The summed E-state index contributed by atoms with van der Waals surface area (Å²) in [5.74, 6) is -0.837. The van der Waals surface area contributed by atoms with Crippen molar-refractivity contribution in [3.05, 3.63) is 64.4 Å². The van der Waals surface area contributed by atoms with E-state index in [1.54, 1.807) is 28.0 Å². The molecule has 0 N–H and O–H groups in total. The molecule has 0 aliphatic carbocycles. The molecule has 2 heterocycles. The fourth-order valence-electron chi connectivity index (χ4n) is 2.21. The highest BCUT2D eigenvalue weighted by Crippen LogP contribution is 2.15. The second-order valence-corrected chi connectivity index (χ2v) is 6.13. The lowest BCUT2D eigenvalue weighted by Gasteiger charge is -2.07. The highest BCUT2D eigenvalue weighted by Gasteiger charge is 2.15. The zero-order chi connectivity index (χ0) is 16.9.